The second kappa shape index (κ2) is 5.22. The van der Waals surface area contributed by atoms with E-state index in [1.807, 2.05) is 19.9 Å². The van der Waals surface area contributed by atoms with Crippen LogP contribution in [0.4, 0.5) is 0 Å². The van der Waals surface area contributed by atoms with Crippen molar-refractivity contribution < 1.29 is 9.59 Å². The summed E-state index contributed by atoms with van der Waals surface area (Å²) in [6, 6.07) is 3.25. The topological polar surface area (TPSA) is 71.1 Å². The van der Waals surface area contributed by atoms with E-state index >= 15 is 0 Å². The van der Waals surface area contributed by atoms with Gasteiger partial charge in [-0.1, -0.05) is 19.9 Å². The number of aromatic nitrogens is 1. The van der Waals surface area contributed by atoms with Crippen LogP contribution >= 0.6 is 0 Å². The van der Waals surface area contributed by atoms with Crippen molar-refractivity contribution in [2.75, 3.05) is 0 Å². The number of hydrogen-bond donors (Lipinski definition) is 2. The highest BCUT2D eigenvalue weighted by Gasteiger charge is 2.26. The van der Waals surface area contributed by atoms with Crippen LogP contribution in [0.5, 0.6) is 0 Å². The molecule has 5 nitrogen and oxygen atoms in total. The number of carbonyl (C=O) groups excluding carboxylic acids is 2. The quantitative estimate of drug-likeness (QED) is 0.809. The van der Waals surface area contributed by atoms with Gasteiger partial charge in [0, 0.05) is 36.5 Å². The van der Waals surface area contributed by atoms with Crippen LogP contribution in [0.2, 0.25) is 0 Å². The largest absolute Gasteiger partial charge is 0.302 e. The number of allylic oxidation sites excluding steroid dienone is 2. The first-order valence-corrected chi connectivity index (χ1v) is 6.16. The lowest BCUT2D eigenvalue weighted by Gasteiger charge is -2.27. The Morgan fingerprint density at radius 3 is 2.63 bits per heavy atom. The minimum Gasteiger partial charge on any atom is -0.302 e. The average Bonchev–Trinajstić information content (AvgIpc) is 2.34. The van der Waals surface area contributed by atoms with Crippen LogP contribution in [0.1, 0.15) is 37.0 Å². The van der Waals surface area contributed by atoms with Crippen LogP contribution in [-0.2, 0) is 4.79 Å². The number of hydrogen-bond acceptors (Lipinski definition) is 4. The maximum Gasteiger partial charge on any atom is 0.269 e. The van der Waals surface area contributed by atoms with Crippen LogP contribution in [-0.4, -0.2) is 16.7 Å². The van der Waals surface area contributed by atoms with Gasteiger partial charge in [0.2, 0.25) is 0 Å². The van der Waals surface area contributed by atoms with Gasteiger partial charge in [0.1, 0.15) is 5.78 Å². The van der Waals surface area contributed by atoms with Crippen molar-refractivity contribution in [2.45, 2.75) is 26.7 Å². The standard InChI is InChI=1S/C14H17N3O2/c1-14(2)8-11(7-12(18)9-14)16-17-13(19)10-3-5-15-6-4-10/h3-6,8,16H,7,9H2,1-2H3,(H,17,19). The third-order valence-electron chi connectivity index (χ3n) is 2.88. The van der Waals surface area contributed by atoms with Gasteiger partial charge >= 0.3 is 0 Å². The number of rotatable bonds is 3. The molecule has 1 aromatic heterocycles. The Balaban J connectivity index is 1.98. The van der Waals surface area contributed by atoms with Crippen LogP contribution in [0.3, 0.4) is 0 Å². The number of pyridine rings is 1. The molecule has 1 aliphatic carbocycles. The molecule has 1 heterocycles. The molecule has 0 bridgehead atoms. The number of ketones is 1. The predicted octanol–water partition coefficient (Wildman–Crippen LogP) is 1.59. The van der Waals surface area contributed by atoms with E-state index in [0.717, 1.165) is 5.70 Å². The Morgan fingerprint density at radius 1 is 1.32 bits per heavy atom. The lowest BCUT2D eigenvalue weighted by Crippen LogP contribution is -2.39. The van der Waals surface area contributed by atoms with E-state index in [9.17, 15) is 9.59 Å². The molecule has 0 aromatic carbocycles. The zero-order chi connectivity index (χ0) is 13.9. The molecule has 0 radical (unpaired) electrons. The number of amides is 1. The summed E-state index contributed by atoms with van der Waals surface area (Å²) in [7, 11) is 0. The molecule has 1 amide bonds. The summed E-state index contributed by atoms with van der Waals surface area (Å²) in [6.45, 7) is 3.99. The maximum atomic E-state index is 11.8. The third kappa shape index (κ3) is 3.64. The number of nitrogens with one attached hydrogen (secondary N) is 2. The fourth-order valence-corrected chi connectivity index (χ4v) is 2.15. The molecule has 2 N–H and O–H groups in total. The minimum atomic E-state index is -0.251. The van der Waals surface area contributed by atoms with Crippen LogP contribution in [0.15, 0.2) is 36.3 Å². The van der Waals surface area contributed by atoms with Crippen LogP contribution < -0.4 is 10.9 Å². The molecular formula is C14H17N3O2. The highest BCUT2D eigenvalue weighted by Crippen LogP contribution is 2.29. The molecule has 19 heavy (non-hydrogen) atoms. The Morgan fingerprint density at radius 2 is 2.00 bits per heavy atom. The summed E-state index contributed by atoms with van der Waals surface area (Å²) in [5.41, 5.74) is 6.51. The number of hydrazine groups is 1. The lowest BCUT2D eigenvalue weighted by atomic mass is 9.81. The first kappa shape index (κ1) is 13.3. The second-order valence-electron chi connectivity index (χ2n) is 5.37. The molecule has 5 heteroatoms. The summed E-state index contributed by atoms with van der Waals surface area (Å²) in [4.78, 5) is 27.3. The van der Waals surface area contributed by atoms with Crippen molar-refractivity contribution in [1.82, 2.24) is 15.8 Å². The maximum absolute atomic E-state index is 11.8. The van der Waals surface area contributed by atoms with Gasteiger partial charge in [-0.15, -0.1) is 0 Å². The van der Waals surface area contributed by atoms with E-state index in [2.05, 4.69) is 15.8 Å². The minimum absolute atomic E-state index is 0.168. The molecule has 0 saturated heterocycles. The lowest BCUT2D eigenvalue weighted by molar-refractivity contribution is -0.120. The zero-order valence-electron chi connectivity index (χ0n) is 11.1. The van der Waals surface area contributed by atoms with E-state index in [1.54, 1.807) is 24.5 Å². The van der Waals surface area contributed by atoms with Gasteiger partial charge in [0.25, 0.3) is 5.91 Å². The van der Waals surface area contributed by atoms with Crippen molar-refractivity contribution in [3.8, 4) is 0 Å². The first-order chi connectivity index (χ1) is 8.96. The monoisotopic (exact) mass is 259 g/mol. The van der Waals surface area contributed by atoms with Gasteiger partial charge in [-0.25, -0.2) is 0 Å². The van der Waals surface area contributed by atoms with E-state index in [-0.39, 0.29) is 17.1 Å². The van der Waals surface area contributed by atoms with E-state index in [4.69, 9.17) is 0 Å². The van der Waals surface area contributed by atoms with Crippen molar-refractivity contribution in [3.05, 3.63) is 41.9 Å². The van der Waals surface area contributed by atoms with Crippen molar-refractivity contribution in [1.29, 1.82) is 0 Å². The van der Waals surface area contributed by atoms with E-state index in [1.165, 1.54) is 0 Å². The Labute approximate surface area is 112 Å². The Kier molecular flexibility index (Phi) is 3.64. The van der Waals surface area contributed by atoms with Gasteiger partial charge in [-0.05, 0) is 17.5 Å². The molecule has 1 aliphatic rings. The highest BCUT2D eigenvalue weighted by molar-refractivity contribution is 5.93. The molecule has 0 saturated carbocycles. The molecule has 1 aromatic rings. The van der Waals surface area contributed by atoms with Crippen LogP contribution in [0, 0.1) is 5.41 Å². The summed E-state index contributed by atoms with van der Waals surface area (Å²) in [6.07, 6.45) is 5.97. The molecule has 0 unspecified atom stereocenters. The van der Waals surface area contributed by atoms with Gasteiger partial charge in [0.15, 0.2) is 0 Å². The Hall–Kier alpha value is -2.17. The Bertz CT molecular complexity index is 521. The molecule has 0 spiro atoms. The van der Waals surface area contributed by atoms with Crippen molar-refractivity contribution in [2.24, 2.45) is 5.41 Å². The SMILES string of the molecule is CC1(C)C=C(NNC(=O)c2ccncc2)CC(=O)C1. The van der Waals surface area contributed by atoms with Crippen molar-refractivity contribution >= 4 is 11.7 Å². The normalized spacial score (nSPS) is 17.6. The summed E-state index contributed by atoms with van der Waals surface area (Å²) in [5.74, 6) is -0.0766. The number of carbonyl (C=O) groups is 2. The van der Waals surface area contributed by atoms with Gasteiger partial charge in [0.05, 0.1) is 0 Å². The fourth-order valence-electron chi connectivity index (χ4n) is 2.15. The zero-order valence-corrected chi connectivity index (χ0v) is 11.1. The van der Waals surface area contributed by atoms with E-state index < -0.39 is 0 Å². The highest BCUT2D eigenvalue weighted by atomic mass is 16.2. The molecule has 0 atom stereocenters. The molecule has 0 fully saturated rings. The van der Waals surface area contributed by atoms with Gasteiger partial charge in [-0.3, -0.25) is 20.0 Å². The van der Waals surface area contributed by atoms with E-state index in [0.29, 0.717) is 18.4 Å². The number of nitrogens with zero attached hydrogens (tertiary/aromatic N) is 1. The molecular weight excluding hydrogens is 242 g/mol. The molecule has 0 aliphatic heterocycles. The summed E-state index contributed by atoms with van der Waals surface area (Å²) in [5, 5.41) is 0. The van der Waals surface area contributed by atoms with Gasteiger partial charge in [-0.2, -0.15) is 0 Å². The fraction of sp³-hybridized carbons (Fsp3) is 0.357. The average molecular weight is 259 g/mol. The number of Topliss-reactive ketones (excluding diaryl/α,β-unsaturated/α-hetero) is 1. The van der Waals surface area contributed by atoms with Gasteiger partial charge < -0.3 is 5.43 Å². The summed E-state index contributed by atoms with van der Waals surface area (Å²) >= 11 is 0. The van der Waals surface area contributed by atoms with Crippen molar-refractivity contribution in [3.63, 3.8) is 0 Å². The second-order valence-corrected chi connectivity index (χ2v) is 5.37. The third-order valence-corrected chi connectivity index (χ3v) is 2.88. The molecule has 2 rings (SSSR count). The smallest absolute Gasteiger partial charge is 0.269 e. The van der Waals surface area contributed by atoms with Crippen LogP contribution in [0.25, 0.3) is 0 Å². The first-order valence-electron chi connectivity index (χ1n) is 6.16. The predicted molar refractivity (Wildman–Crippen MR) is 70.9 cm³/mol. The molecule has 100 valence electrons. The summed E-state index contributed by atoms with van der Waals surface area (Å²) < 4.78 is 0.